The first-order chi connectivity index (χ1) is 21.2. The summed E-state index contributed by atoms with van der Waals surface area (Å²) in [6.07, 6.45) is 1.49. The van der Waals surface area contributed by atoms with Gasteiger partial charge in [-0.15, -0.1) is 0 Å². The molecule has 12 heteroatoms. The number of fused-ring (bicyclic) bond motifs is 1. The Morgan fingerprint density at radius 1 is 0.956 bits per heavy atom. The van der Waals surface area contributed by atoms with Crippen molar-refractivity contribution in [2.45, 2.75) is 43.2 Å². The van der Waals surface area contributed by atoms with E-state index in [-0.39, 0.29) is 17.1 Å². The van der Waals surface area contributed by atoms with Gasteiger partial charge in [-0.1, -0.05) is 54.1 Å². The molecule has 3 aromatic carbocycles. The molecule has 0 aliphatic carbocycles. The van der Waals surface area contributed by atoms with E-state index in [2.05, 4.69) is 24.1 Å². The van der Waals surface area contributed by atoms with E-state index in [1.165, 1.54) is 12.1 Å². The molecular formula is C33H34ClFN2O8. The molecule has 2 aliphatic heterocycles. The first kappa shape index (κ1) is 33.6. The van der Waals surface area contributed by atoms with E-state index in [9.17, 15) is 23.6 Å². The Morgan fingerprint density at radius 3 is 2.13 bits per heavy atom. The zero-order chi connectivity index (χ0) is 32.9. The number of aliphatic carboxylic acids is 3. The lowest BCUT2D eigenvalue weighted by Crippen LogP contribution is -2.44. The van der Waals surface area contributed by atoms with Crippen molar-refractivity contribution in [1.82, 2.24) is 9.80 Å². The molecule has 45 heavy (non-hydrogen) atoms. The molecule has 5 rings (SSSR count). The lowest BCUT2D eigenvalue weighted by atomic mass is 9.67. The van der Waals surface area contributed by atoms with E-state index in [0.717, 1.165) is 53.4 Å². The highest BCUT2D eigenvalue weighted by Gasteiger charge is 2.45. The van der Waals surface area contributed by atoms with Gasteiger partial charge in [0.25, 0.3) is 5.91 Å². The number of carboxylic acid groups (broad SMARTS) is 3. The number of nitrogens with zero attached hydrogens (tertiary/aromatic N) is 2. The summed E-state index contributed by atoms with van der Waals surface area (Å²) in [6, 6.07) is 18.8. The normalized spacial score (nSPS) is 16.6. The predicted molar refractivity (Wildman–Crippen MR) is 164 cm³/mol. The zero-order valence-electron chi connectivity index (χ0n) is 24.6. The van der Waals surface area contributed by atoms with Gasteiger partial charge in [-0.3, -0.25) is 14.4 Å². The van der Waals surface area contributed by atoms with Crippen LogP contribution in [0.2, 0.25) is 5.02 Å². The molecule has 3 aromatic rings. The number of carbonyl (C=O) groups is 4. The lowest BCUT2D eigenvalue weighted by molar-refractivity contribution is -0.170. The average molecular weight is 641 g/mol. The maximum atomic E-state index is 13.7. The molecule has 0 atom stereocenters. The first-order valence-corrected chi connectivity index (χ1v) is 14.6. The number of carbonyl (C=O) groups excluding carboxylic acids is 1. The maximum absolute atomic E-state index is 13.7. The highest BCUT2D eigenvalue weighted by molar-refractivity contribution is 6.31. The van der Waals surface area contributed by atoms with Crippen molar-refractivity contribution in [3.63, 3.8) is 0 Å². The summed E-state index contributed by atoms with van der Waals surface area (Å²) in [5.74, 6) is -5.20. The number of aliphatic hydroxyl groups is 1. The van der Waals surface area contributed by atoms with Crippen LogP contribution in [0, 0.1) is 5.82 Å². The number of benzene rings is 3. The molecular weight excluding hydrogens is 607 g/mol. The van der Waals surface area contributed by atoms with Gasteiger partial charge in [0.2, 0.25) is 0 Å². The predicted octanol–water partition coefficient (Wildman–Crippen LogP) is 4.32. The van der Waals surface area contributed by atoms with Crippen molar-refractivity contribution >= 4 is 46.2 Å². The SMILES string of the molecule is CN1CCC(C2=CCN(Cc3cc(Cl)cc4ccccc34)C2=O)(c2ccc(F)cc2)CC1.O=C(O)CC(O)(CC(=O)O)C(=O)O. The van der Waals surface area contributed by atoms with Crippen molar-refractivity contribution in [3.8, 4) is 0 Å². The minimum absolute atomic E-state index is 0.0722. The van der Waals surface area contributed by atoms with Crippen LogP contribution in [-0.2, 0) is 31.1 Å². The van der Waals surface area contributed by atoms with Gasteiger partial charge in [0.05, 0.1) is 12.8 Å². The van der Waals surface area contributed by atoms with Crippen molar-refractivity contribution in [2.75, 3.05) is 26.7 Å². The molecule has 2 heterocycles. The third kappa shape index (κ3) is 7.67. The number of likely N-dealkylation sites (tertiary alicyclic amines) is 1. The third-order valence-corrected chi connectivity index (χ3v) is 8.56. The maximum Gasteiger partial charge on any atom is 0.336 e. The average Bonchev–Trinajstić information content (AvgIpc) is 3.33. The fraction of sp³-hybridized carbons (Fsp3) is 0.333. The molecule has 0 radical (unpaired) electrons. The Bertz CT molecular complexity index is 1620. The van der Waals surface area contributed by atoms with E-state index >= 15 is 0 Å². The van der Waals surface area contributed by atoms with Gasteiger partial charge in [0.1, 0.15) is 5.82 Å². The summed E-state index contributed by atoms with van der Waals surface area (Å²) in [5, 5.41) is 36.7. The van der Waals surface area contributed by atoms with Crippen LogP contribution >= 0.6 is 11.6 Å². The second-order valence-corrected chi connectivity index (χ2v) is 11.9. The molecule has 0 unspecified atom stereocenters. The van der Waals surface area contributed by atoms with Crippen molar-refractivity contribution in [3.05, 3.63) is 94.3 Å². The van der Waals surface area contributed by atoms with Gasteiger partial charge in [-0.25, -0.2) is 9.18 Å². The fourth-order valence-electron chi connectivity index (χ4n) is 5.96. The smallest absolute Gasteiger partial charge is 0.336 e. The molecule has 10 nitrogen and oxygen atoms in total. The molecule has 0 aromatic heterocycles. The highest BCUT2D eigenvalue weighted by atomic mass is 35.5. The molecule has 4 N–H and O–H groups in total. The van der Waals surface area contributed by atoms with Crippen molar-refractivity contribution in [2.24, 2.45) is 0 Å². The van der Waals surface area contributed by atoms with E-state index < -0.39 is 36.4 Å². The van der Waals surface area contributed by atoms with E-state index in [4.69, 9.17) is 32.0 Å². The van der Waals surface area contributed by atoms with Crippen LogP contribution in [0.5, 0.6) is 0 Å². The van der Waals surface area contributed by atoms with Crippen LogP contribution in [0.15, 0.2) is 72.3 Å². The molecule has 0 saturated carbocycles. The van der Waals surface area contributed by atoms with E-state index in [1.807, 2.05) is 47.4 Å². The van der Waals surface area contributed by atoms with Gasteiger partial charge < -0.3 is 30.2 Å². The first-order valence-electron chi connectivity index (χ1n) is 14.2. The quantitative estimate of drug-likeness (QED) is 0.268. The Morgan fingerprint density at radius 2 is 1.56 bits per heavy atom. The van der Waals surface area contributed by atoms with Crippen LogP contribution in [0.25, 0.3) is 10.8 Å². The lowest BCUT2D eigenvalue weighted by Gasteiger charge is -2.42. The van der Waals surface area contributed by atoms with Gasteiger partial charge in [0.15, 0.2) is 5.60 Å². The highest BCUT2D eigenvalue weighted by Crippen LogP contribution is 2.44. The number of piperidine rings is 1. The van der Waals surface area contributed by atoms with E-state index in [0.29, 0.717) is 18.1 Å². The molecule has 1 fully saturated rings. The summed E-state index contributed by atoms with van der Waals surface area (Å²) in [4.78, 5) is 48.4. The number of amides is 1. The second-order valence-electron chi connectivity index (χ2n) is 11.5. The minimum Gasteiger partial charge on any atom is -0.481 e. The largest absolute Gasteiger partial charge is 0.481 e. The summed E-state index contributed by atoms with van der Waals surface area (Å²) < 4.78 is 13.7. The monoisotopic (exact) mass is 640 g/mol. The summed E-state index contributed by atoms with van der Waals surface area (Å²) in [7, 11) is 2.11. The molecule has 1 amide bonds. The molecule has 1 saturated heterocycles. The van der Waals surface area contributed by atoms with Crippen molar-refractivity contribution < 1.29 is 44.0 Å². The molecule has 2 aliphatic rings. The van der Waals surface area contributed by atoms with Crippen molar-refractivity contribution in [1.29, 1.82) is 0 Å². The van der Waals surface area contributed by atoms with Crippen LogP contribution < -0.4 is 0 Å². The Kier molecular flexibility index (Phi) is 10.3. The van der Waals surface area contributed by atoms with Gasteiger partial charge in [-0.2, -0.15) is 0 Å². The topological polar surface area (TPSA) is 156 Å². The van der Waals surface area contributed by atoms with Crippen LogP contribution in [-0.4, -0.2) is 86.3 Å². The summed E-state index contributed by atoms with van der Waals surface area (Å²) in [5.41, 5.74) is -0.180. The number of hydrogen-bond donors (Lipinski definition) is 4. The van der Waals surface area contributed by atoms with E-state index in [1.54, 1.807) is 0 Å². The number of carboxylic acids is 3. The zero-order valence-corrected chi connectivity index (χ0v) is 25.3. The second kappa shape index (κ2) is 13.8. The van der Waals surface area contributed by atoms with Gasteiger partial charge >= 0.3 is 17.9 Å². The molecule has 0 spiro atoms. The standard InChI is InChI=1S/C27H26ClFN2O.C6H8O7/c1-30-14-11-27(12-15-30,21-6-8-23(29)9-7-21)25-10-13-31(26(25)32)18-20-17-22(28)16-19-4-2-3-5-24(19)20;7-3(8)1-6(13,5(11)12)2-4(9)10/h2-10,16-17H,11-15,18H2,1H3;13H,1-2H2,(H,7,8)(H,9,10)(H,11,12). The van der Waals surface area contributed by atoms with Crippen LogP contribution in [0.3, 0.4) is 0 Å². The minimum atomic E-state index is -2.74. The van der Waals surface area contributed by atoms with Crippen LogP contribution in [0.1, 0.15) is 36.8 Å². The molecule has 238 valence electrons. The Balaban J connectivity index is 0.000000302. The Labute approximate surface area is 263 Å². The summed E-state index contributed by atoms with van der Waals surface area (Å²) in [6.45, 7) is 2.90. The Hall–Kier alpha value is -4.32. The number of hydrogen-bond acceptors (Lipinski definition) is 6. The fourth-order valence-corrected chi connectivity index (χ4v) is 6.21. The number of halogens is 2. The molecule has 0 bridgehead atoms. The third-order valence-electron chi connectivity index (χ3n) is 8.35. The van der Waals surface area contributed by atoms with Gasteiger partial charge in [0, 0.05) is 29.1 Å². The van der Waals surface area contributed by atoms with Crippen LogP contribution in [0.4, 0.5) is 4.39 Å². The number of rotatable bonds is 9. The van der Waals surface area contributed by atoms with Gasteiger partial charge in [-0.05, 0) is 79.1 Å². The summed E-state index contributed by atoms with van der Waals surface area (Å²) >= 11 is 6.37.